The van der Waals surface area contributed by atoms with Crippen LogP contribution in [0.2, 0.25) is 0 Å². The molecular formula is C13H24N4O. The topological polar surface area (TPSA) is 68.2 Å². The van der Waals surface area contributed by atoms with E-state index in [-0.39, 0.29) is 6.04 Å². The first-order chi connectivity index (χ1) is 8.61. The lowest BCUT2D eigenvalue weighted by atomic mass is 9.84. The second kappa shape index (κ2) is 5.69. The Bertz CT molecular complexity index is 369. The van der Waals surface area contributed by atoms with Crippen LogP contribution in [-0.4, -0.2) is 23.3 Å². The summed E-state index contributed by atoms with van der Waals surface area (Å²) >= 11 is 0. The molecule has 1 atom stereocenters. The average Bonchev–Trinajstić information content (AvgIpc) is 2.88. The van der Waals surface area contributed by atoms with Gasteiger partial charge in [-0.05, 0) is 38.5 Å². The molecule has 1 aromatic rings. The highest BCUT2D eigenvalue weighted by Gasteiger charge is 2.26. The molecule has 1 aliphatic carbocycles. The zero-order valence-electron chi connectivity index (χ0n) is 11.6. The Labute approximate surface area is 109 Å². The first-order valence-corrected chi connectivity index (χ1v) is 6.93. The van der Waals surface area contributed by atoms with Crippen LogP contribution in [0.3, 0.4) is 0 Å². The lowest BCUT2D eigenvalue weighted by Gasteiger charge is -2.33. The molecule has 5 heteroatoms. The molecule has 1 unspecified atom stereocenters. The Hall–Kier alpha value is -1.10. The monoisotopic (exact) mass is 252 g/mol. The van der Waals surface area contributed by atoms with Crippen molar-refractivity contribution in [2.75, 3.05) is 11.9 Å². The fourth-order valence-electron chi connectivity index (χ4n) is 2.65. The van der Waals surface area contributed by atoms with Crippen molar-refractivity contribution < 1.29 is 4.42 Å². The molecule has 5 nitrogen and oxygen atoms in total. The molecule has 1 aliphatic rings. The number of hydrogen-bond donors (Lipinski definition) is 1. The molecule has 0 saturated heterocycles. The van der Waals surface area contributed by atoms with E-state index in [2.05, 4.69) is 22.0 Å². The molecule has 0 radical (unpaired) electrons. The van der Waals surface area contributed by atoms with Crippen molar-refractivity contribution in [3.63, 3.8) is 0 Å². The van der Waals surface area contributed by atoms with Gasteiger partial charge < -0.3 is 15.1 Å². The Morgan fingerprint density at radius 1 is 1.33 bits per heavy atom. The van der Waals surface area contributed by atoms with Crippen LogP contribution in [0.1, 0.15) is 57.9 Å². The fourth-order valence-corrected chi connectivity index (χ4v) is 2.65. The summed E-state index contributed by atoms with van der Waals surface area (Å²) in [7, 11) is 2.04. The van der Waals surface area contributed by atoms with Crippen LogP contribution in [0, 0.1) is 5.92 Å². The smallest absolute Gasteiger partial charge is 0.318 e. The van der Waals surface area contributed by atoms with Gasteiger partial charge in [0.05, 0.1) is 6.04 Å². The van der Waals surface area contributed by atoms with Crippen molar-refractivity contribution in [2.24, 2.45) is 11.7 Å². The average molecular weight is 252 g/mol. The molecule has 18 heavy (non-hydrogen) atoms. The summed E-state index contributed by atoms with van der Waals surface area (Å²) in [5.41, 5.74) is 5.73. The molecule has 0 amide bonds. The quantitative estimate of drug-likeness (QED) is 0.891. The molecule has 2 rings (SSSR count). The van der Waals surface area contributed by atoms with E-state index in [1.807, 2.05) is 14.0 Å². The number of rotatable bonds is 4. The van der Waals surface area contributed by atoms with E-state index in [0.717, 1.165) is 5.92 Å². The molecule has 0 spiro atoms. The van der Waals surface area contributed by atoms with Gasteiger partial charge in [-0.15, -0.1) is 5.10 Å². The summed E-state index contributed by atoms with van der Waals surface area (Å²) in [6.45, 7) is 4.13. The summed E-state index contributed by atoms with van der Waals surface area (Å²) in [5, 5.41) is 8.06. The summed E-state index contributed by atoms with van der Waals surface area (Å²) < 4.78 is 5.59. The highest BCUT2D eigenvalue weighted by Crippen LogP contribution is 2.30. The predicted octanol–water partition coefficient (Wildman–Crippen LogP) is 2.49. The minimum absolute atomic E-state index is 0.199. The van der Waals surface area contributed by atoms with Crippen LogP contribution < -0.4 is 10.6 Å². The van der Waals surface area contributed by atoms with Crippen molar-refractivity contribution >= 4 is 6.01 Å². The van der Waals surface area contributed by atoms with Gasteiger partial charge in [0.15, 0.2) is 0 Å². The van der Waals surface area contributed by atoms with E-state index < -0.39 is 0 Å². The fraction of sp³-hybridized carbons (Fsp3) is 0.846. The van der Waals surface area contributed by atoms with E-state index in [4.69, 9.17) is 10.2 Å². The molecule has 0 aliphatic heterocycles. The van der Waals surface area contributed by atoms with E-state index in [1.165, 1.54) is 32.1 Å². The maximum atomic E-state index is 5.73. The Morgan fingerprint density at radius 3 is 2.50 bits per heavy atom. The zero-order valence-corrected chi connectivity index (χ0v) is 11.6. The Morgan fingerprint density at radius 2 is 2.00 bits per heavy atom. The lowest BCUT2D eigenvalue weighted by Crippen LogP contribution is -2.35. The van der Waals surface area contributed by atoms with E-state index in [0.29, 0.717) is 17.9 Å². The normalized spacial score (nSPS) is 26.0. The molecular weight excluding hydrogens is 228 g/mol. The maximum Gasteiger partial charge on any atom is 0.318 e. The van der Waals surface area contributed by atoms with Gasteiger partial charge in [-0.3, -0.25) is 0 Å². The predicted molar refractivity (Wildman–Crippen MR) is 71.3 cm³/mol. The zero-order chi connectivity index (χ0) is 13.1. The number of nitrogens with two attached hydrogens (primary N) is 1. The van der Waals surface area contributed by atoms with Crippen molar-refractivity contribution in [2.45, 2.75) is 58.0 Å². The Kier molecular flexibility index (Phi) is 4.22. The number of aromatic nitrogens is 2. The van der Waals surface area contributed by atoms with Crippen molar-refractivity contribution in [3.05, 3.63) is 5.89 Å². The molecule has 1 heterocycles. The van der Waals surface area contributed by atoms with Crippen LogP contribution in [0.4, 0.5) is 6.01 Å². The number of hydrogen-bond acceptors (Lipinski definition) is 5. The van der Waals surface area contributed by atoms with Gasteiger partial charge in [0.2, 0.25) is 5.89 Å². The third-order valence-electron chi connectivity index (χ3n) is 4.06. The molecule has 2 N–H and O–H groups in total. The molecule has 0 aromatic carbocycles. The summed E-state index contributed by atoms with van der Waals surface area (Å²) in [6.07, 6.45) is 6.33. The van der Waals surface area contributed by atoms with Gasteiger partial charge in [-0.1, -0.05) is 18.4 Å². The third kappa shape index (κ3) is 2.83. The molecule has 102 valence electrons. The van der Waals surface area contributed by atoms with Crippen molar-refractivity contribution in [1.82, 2.24) is 10.2 Å². The van der Waals surface area contributed by atoms with Gasteiger partial charge in [0.25, 0.3) is 0 Å². The van der Waals surface area contributed by atoms with Crippen LogP contribution in [0.15, 0.2) is 4.42 Å². The van der Waals surface area contributed by atoms with Gasteiger partial charge in [-0.2, -0.15) is 0 Å². The Balaban J connectivity index is 1.96. The second-order valence-corrected chi connectivity index (χ2v) is 5.41. The van der Waals surface area contributed by atoms with E-state index >= 15 is 0 Å². The first-order valence-electron chi connectivity index (χ1n) is 6.93. The minimum atomic E-state index is -0.199. The van der Waals surface area contributed by atoms with E-state index in [9.17, 15) is 0 Å². The number of nitrogens with zero attached hydrogens (tertiary/aromatic N) is 3. The third-order valence-corrected chi connectivity index (χ3v) is 4.06. The van der Waals surface area contributed by atoms with Crippen molar-refractivity contribution in [1.29, 1.82) is 0 Å². The minimum Gasteiger partial charge on any atom is -0.406 e. The summed E-state index contributed by atoms with van der Waals surface area (Å²) in [6, 6.07) is 0.923. The molecule has 1 aromatic heterocycles. The maximum absolute atomic E-state index is 5.73. The second-order valence-electron chi connectivity index (χ2n) is 5.41. The lowest BCUT2D eigenvalue weighted by molar-refractivity contribution is 0.305. The van der Waals surface area contributed by atoms with Crippen LogP contribution in [-0.2, 0) is 0 Å². The van der Waals surface area contributed by atoms with Crippen molar-refractivity contribution in [3.8, 4) is 0 Å². The highest BCUT2D eigenvalue weighted by atomic mass is 16.4. The SMILES string of the molecule is CCC1CCC(N(C)c2nnc(C(C)N)o2)CC1. The summed E-state index contributed by atoms with van der Waals surface area (Å²) in [4.78, 5) is 2.12. The van der Waals surface area contributed by atoms with E-state index in [1.54, 1.807) is 0 Å². The molecule has 1 fully saturated rings. The van der Waals surface area contributed by atoms with Gasteiger partial charge in [-0.25, -0.2) is 0 Å². The van der Waals surface area contributed by atoms with Crippen LogP contribution >= 0.6 is 0 Å². The standard InChI is InChI=1S/C13H24N4O/c1-4-10-5-7-11(8-6-10)17(3)13-16-15-12(18-13)9(2)14/h9-11H,4-8,14H2,1-3H3. The highest BCUT2D eigenvalue weighted by molar-refractivity contribution is 5.25. The van der Waals surface area contributed by atoms with Gasteiger partial charge >= 0.3 is 6.01 Å². The van der Waals surface area contributed by atoms with Gasteiger partial charge in [0.1, 0.15) is 0 Å². The van der Waals surface area contributed by atoms with Gasteiger partial charge in [0, 0.05) is 13.1 Å². The first kappa shape index (κ1) is 13.3. The molecule has 1 saturated carbocycles. The van der Waals surface area contributed by atoms with Crippen LogP contribution in [0.5, 0.6) is 0 Å². The van der Waals surface area contributed by atoms with Crippen LogP contribution in [0.25, 0.3) is 0 Å². The summed E-state index contributed by atoms with van der Waals surface area (Å²) in [5.74, 6) is 1.41. The largest absolute Gasteiger partial charge is 0.406 e. The number of anilines is 1. The molecule has 0 bridgehead atoms.